The van der Waals surface area contributed by atoms with Gasteiger partial charge in [0.1, 0.15) is 0 Å². The van der Waals surface area contributed by atoms with Crippen molar-refractivity contribution in [3.63, 3.8) is 0 Å². The third-order valence-corrected chi connectivity index (χ3v) is 4.06. The lowest BCUT2D eigenvalue weighted by atomic mass is 9.96. The normalized spacial score (nSPS) is 15.3. The molecule has 1 aromatic rings. The number of carbonyl (C=O) groups excluding carboxylic acids is 1. The van der Waals surface area contributed by atoms with E-state index in [1.165, 1.54) is 12.1 Å². The molecular formula is C15H22ClN3O3. The molecule has 122 valence electrons. The van der Waals surface area contributed by atoms with Gasteiger partial charge in [-0.2, -0.15) is 0 Å². The minimum Gasteiger partial charge on any atom is -0.339 e. The summed E-state index contributed by atoms with van der Waals surface area (Å²) in [5, 5.41) is 14.0. The lowest BCUT2D eigenvalue weighted by Gasteiger charge is -2.32. The van der Waals surface area contributed by atoms with Gasteiger partial charge in [-0.3, -0.25) is 14.9 Å². The third-order valence-electron chi connectivity index (χ3n) is 4.06. The number of piperidine rings is 1. The van der Waals surface area contributed by atoms with Gasteiger partial charge < -0.3 is 10.2 Å². The molecule has 0 atom stereocenters. The number of nitrogens with one attached hydrogen (secondary N) is 1. The van der Waals surface area contributed by atoms with Gasteiger partial charge in [0.05, 0.1) is 4.92 Å². The molecule has 1 aromatic carbocycles. The first-order valence-corrected chi connectivity index (χ1v) is 7.22. The monoisotopic (exact) mass is 327 g/mol. The Morgan fingerprint density at radius 3 is 2.59 bits per heavy atom. The van der Waals surface area contributed by atoms with Gasteiger partial charge in [0, 0.05) is 30.8 Å². The molecule has 1 amide bonds. The maximum absolute atomic E-state index is 12.5. The van der Waals surface area contributed by atoms with E-state index in [-0.39, 0.29) is 24.0 Å². The highest BCUT2D eigenvalue weighted by Crippen LogP contribution is 2.22. The van der Waals surface area contributed by atoms with Gasteiger partial charge in [-0.25, -0.2) is 0 Å². The first-order valence-electron chi connectivity index (χ1n) is 7.22. The van der Waals surface area contributed by atoms with Crippen molar-refractivity contribution in [1.29, 1.82) is 0 Å². The van der Waals surface area contributed by atoms with Crippen molar-refractivity contribution >= 4 is 24.0 Å². The minimum atomic E-state index is -0.463. The zero-order valence-electron chi connectivity index (χ0n) is 12.9. The summed E-state index contributed by atoms with van der Waals surface area (Å²) in [7, 11) is 1.93. The van der Waals surface area contributed by atoms with Crippen molar-refractivity contribution in [2.45, 2.75) is 19.8 Å². The number of aryl methyl sites for hydroxylation is 1. The van der Waals surface area contributed by atoms with Crippen LogP contribution in [-0.2, 0) is 0 Å². The van der Waals surface area contributed by atoms with E-state index < -0.39 is 4.92 Å². The molecule has 2 rings (SSSR count). The van der Waals surface area contributed by atoms with Gasteiger partial charge in [-0.15, -0.1) is 12.4 Å². The molecular weight excluding hydrogens is 306 g/mol. The Labute approximate surface area is 136 Å². The molecule has 0 aliphatic carbocycles. The van der Waals surface area contributed by atoms with Gasteiger partial charge in [0.25, 0.3) is 11.6 Å². The molecule has 1 N–H and O–H groups in total. The largest absolute Gasteiger partial charge is 0.339 e. The van der Waals surface area contributed by atoms with E-state index in [1.807, 2.05) is 14.0 Å². The summed E-state index contributed by atoms with van der Waals surface area (Å²) >= 11 is 0. The lowest BCUT2D eigenvalue weighted by Crippen LogP contribution is -2.40. The molecule has 0 unspecified atom stereocenters. The second kappa shape index (κ2) is 8.10. The van der Waals surface area contributed by atoms with Crippen LogP contribution in [0.15, 0.2) is 18.2 Å². The van der Waals surface area contributed by atoms with E-state index >= 15 is 0 Å². The standard InChI is InChI=1S/C15H21N3O3.ClH/c1-11-3-4-13(18(20)21)9-14(11)15(19)17-7-5-12(6-8-17)10-16-2;/h3-4,9,12,16H,5-8,10H2,1-2H3;1H. The summed E-state index contributed by atoms with van der Waals surface area (Å²) in [6.45, 7) is 4.21. The summed E-state index contributed by atoms with van der Waals surface area (Å²) in [6.07, 6.45) is 1.95. The van der Waals surface area contributed by atoms with Crippen LogP contribution in [0.5, 0.6) is 0 Å². The fourth-order valence-electron chi connectivity index (χ4n) is 2.75. The Hall–Kier alpha value is -1.66. The Bertz CT molecular complexity index is 543. The van der Waals surface area contributed by atoms with Crippen molar-refractivity contribution in [3.8, 4) is 0 Å². The summed E-state index contributed by atoms with van der Waals surface area (Å²) in [6, 6.07) is 4.46. The van der Waals surface area contributed by atoms with E-state index in [2.05, 4.69) is 5.32 Å². The van der Waals surface area contributed by atoms with Crippen LogP contribution in [0.25, 0.3) is 0 Å². The molecule has 1 aliphatic rings. The fraction of sp³-hybridized carbons (Fsp3) is 0.533. The second-order valence-corrected chi connectivity index (χ2v) is 5.55. The van der Waals surface area contributed by atoms with Crippen molar-refractivity contribution in [2.75, 3.05) is 26.7 Å². The lowest BCUT2D eigenvalue weighted by molar-refractivity contribution is -0.384. The first-order chi connectivity index (χ1) is 10.0. The number of amides is 1. The highest BCUT2D eigenvalue weighted by Gasteiger charge is 2.25. The molecule has 0 spiro atoms. The van der Waals surface area contributed by atoms with E-state index in [9.17, 15) is 14.9 Å². The Morgan fingerprint density at radius 2 is 2.05 bits per heavy atom. The van der Waals surface area contributed by atoms with E-state index in [1.54, 1.807) is 11.0 Å². The number of nitro groups is 1. The number of hydrogen-bond acceptors (Lipinski definition) is 4. The van der Waals surface area contributed by atoms with Crippen LogP contribution in [0.2, 0.25) is 0 Å². The number of nitro benzene ring substituents is 1. The van der Waals surface area contributed by atoms with E-state index in [0.717, 1.165) is 24.9 Å². The summed E-state index contributed by atoms with van der Waals surface area (Å²) < 4.78 is 0. The number of halogens is 1. The van der Waals surface area contributed by atoms with Crippen LogP contribution < -0.4 is 5.32 Å². The van der Waals surface area contributed by atoms with Crippen LogP contribution in [0.4, 0.5) is 5.69 Å². The Kier molecular flexibility index (Phi) is 6.77. The number of non-ortho nitro benzene ring substituents is 1. The average molecular weight is 328 g/mol. The van der Waals surface area contributed by atoms with Gasteiger partial charge in [-0.1, -0.05) is 6.07 Å². The number of likely N-dealkylation sites (tertiary alicyclic amines) is 1. The number of nitrogens with zero attached hydrogens (tertiary/aromatic N) is 2. The summed E-state index contributed by atoms with van der Waals surface area (Å²) in [5.74, 6) is 0.504. The maximum Gasteiger partial charge on any atom is 0.270 e. The Balaban J connectivity index is 0.00000242. The number of benzene rings is 1. The van der Waals surface area contributed by atoms with E-state index in [4.69, 9.17) is 0 Å². The smallest absolute Gasteiger partial charge is 0.270 e. The highest BCUT2D eigenvalue weighted by atomic mass is 35.5. The van der Waals surface area contributed by atoms with Crippen molar-refractivity contribution < 1.29 is 9.72 Å². The quantitative estimate of drug-likeness (QED) is 0.680. The van der Waals surface area contributed by atoms with Crippen LogP contribution in [0.3, 0.4) is 0 Å². The number of rotatable bonds is 4. The van der Waals surface area contributed by atoms with Crippen LogP contribution >= 0.6 is 12.4 Å². The van der Waals surface area contributed by atoms with Gasteiger partial charge >= 0.3 is 0 Å². The average Bonchev–Trinajstić information content (AvgIpc) is 2.48. The molecule has 0 radical (unpaired) electrons. The van der Waals surface area contributed by atoms with Crippen LogP contribution in [0.1, 0.15) is 28.8 Å². The predicted octanol–water partition coefficient (Wildman–Crippen LogP) is 2.40. The van der Waals surface area contributed by atoms with Crippen LogP contribution in [-0.4, -0.2) is 42.4 Å². The molecule has 1 aliphatic heterocycles. The van der Waals surface area contributed by atoms with Crippen molar-refractivity contribution in [3.05, 3.63) is 39.4 Å². The predicted molar refractivity (Wildman–Crippen MR) is 87.6 cm³/mol. The molecule has 0 bridgehead atoms. The van der Waals surface area contributed by atoms with Gasteiger partial charge in [-0.05, 0) is 44.8 Å². The first kappa shape index (κ1) is 18.4. The highest BCUT2D eigenvalue weighted by molar-refractivity contribution is 5.96. The molecule has 7 heteroatoms. The fourth-order valence-corrected chi connectivity index (χ4v) is 2.75. The number of hydrogen-bond donors (Lipinski definition) is 1. The second-order valence-electron chi connectivity index (χ2n) is 5.55. The van der Waals surface area contributed by atoms with Gasteiger partial charge in [0.2, 0.25) is 0 Å². The summed E-state index contributed by atoms with van der Waals surface area (Å²) in [5.41, 5.74) is 1.19. The maximum atomic E-state index is 12.5. The topological polar surface area (TPSA) is 75.5 Å². The van der Waals surface area contributed by atoms with Crippen molar-refractivity contribution in [2.24, 2.45) is 5.92 Å². The third kappa shape index (κ3) is 4.18. The van der Waals surface area contributed by atoms with Crippen molar-refractivity contribution in [1.82, 2.24) is 10.2 Å². The molecule has 1 heterocycles. The zero-order chi connectivity index (χ0) is 15.4. The minimum absolute atomic E-state index is 0. The zero-order valence-corrected chi connectivity index (χ0v) is 13.7. The molecule has 0 saturated carbocycles. The summed E-state index contributed by atoms with van der Waals surface area (Å²) in [4.78, 5) is 24.7. The van der Waals surface area contributed by atoms with Gasteiger partial charge in [0.15, 0.2) is 0 Å². The molecule has 22 heavy (non-hydrogen) atoms. The molecule has 6 nitrogen and oxygen atoms in total. The molecule has 1 fully saturated rings. The Morgan fingerprint density at radius 1 is 1.41 bits per heavy atom. The molecule has 1 saturated heterocycles. The SMILES string of the molecule is CNCC1CCN(C(=O)c2cc([N+](=O)[O-])ccc2C)CC1.Cl. The molecule has 0 aromatic heterocycles. The van der Waals surface area contributed by atoms with E-state index in [0.29, 0.717) is 24.6 Å². The number of carbonyl (C=O) groups is 1. The van der Waals surface area contributed by atoms with Crippen LogP contribution in [0, 0.1) is 23.0 Å².